The van der Waals surface area contributed by atoms with Gasteiger partial charge >= 0.3 is 17.9 Å². The number of carbonyl (C=O) groups excluding carboxylic acids is 3. The summed E-state index contributed by atoms with van der Waals surface area (Å²) in [6.45, 7) is 6.32. The lowest BCUT2D eigenvalue weighted by atomic mass is 10.1. The molecule has 0 aliphatic heterocycles. The van der Waals surface area contributed by atoms with Gasteiger partial charge in [0.25, 0.3) is 0 Å². The molecule has 0 heterocycles. The van der Waals surface area contributed by atoms with E-state index in [4.69, 9.17) is 14.2 Å². The van der Waals surface area contributed by atoms with Gasteiger partial charge in [-0.25, -0.2) is 0 Å². The molecular formula is C65H104O6. The second-order valence-electron chi connectivity index (χ2n) is 18.4. The third kappa shape index (κ3) is 56.3. The molecule has 0 N–H and O–H groups in total. The topological polar surface area (TPSA) is 78.9 Å². The number of allylic oxidation sites excluding steroid dienone is 22. The van der Waals surface area contributed by atoms with E-state index in [0.717, 1.165) is 116 Å². The molecule has 6 heteroatoms. The first kappa shape index (κ1) is 66.6. The Hall–Kier alpha value is -4.45. The largest absolute Gasteiger partial charge is 0.462 e. The zero-order valence-electron chi connectivity index (χ0n) is 45.7. The second-order valence-corrected chi connectivity index (χ2v) is 18.4. The van der Waals surface area contributed by atoms with Crippen LogP contribution in [0.5, 0.6) is 0 Å². The van der Waals surface area contributed by atoms with Crippen LogP contribution in [0.15, 0.2) is 134 Å². The lowest BCUT2D eigenvalue weighted by Crippen LogP contribution is -2.30. The molecule has 0 bridgehead atoms. The summed E-state index contributed by atoms with van der Waals surface area (Å²) in [6, 6.07) is 0. The zero-order chi connectivity index (χ0) is 51.4. The lowest BCUT2D eigenvalue weighted by molar-refractivity contribution is -0.166. The third-order valence-electron chi connectivity index (χ3n) is 11.7. The third-order valence-corrected chi connectivity index (χ3v) is 11.7. The average Bonchev–Trinajstić information content (AvgIpc) is 3.37. The van der Waals surface area contributed by atoms with Crippen molar-refractivity contribution in [1.29, 1.82) is 0 Å². The van der Waals surface area contributed by atoms with Crippen molar-refractivity contribution in [2.24, 2.45) is 0 Å². The summed E-state index contributed by atoms with van der Waals surface area (Å²) in [6.07, 6.45) is 81.8. The molecule has 0 radical (unpaired) electrons. The van der Waals surface area contributed by atoms with Crippen LogP contribution in [0.3, 0.4) is 0 Å². The van der Waals surface area contributed by atoms with Gasteiger partial charge in [-0.3, -0.25) is 14.4 Å². The molecule has 0 aliphatic rings. The van der Waals surface area contributed by atoms with E-state index in [2.05, 4.69) is 142 Å². The maximum absolute atomic E-state index is 12.8. The molecule has 0 spiro atoms. The van der Waals surface area contributed by atoms with Crippen molar-refractivity contribution in [3.63, 3.8) is 0 Å². The van der Waals surface area contributed by atoms with Crippen LogP contribution in [0.4, 0.5) is 0 Å². The number of carbonyl (C=O) groups is 3. The van der Waals surface area contributed by atoms with Crippen molar-refractivity contribution < 1.29 is 28.6 Å². The molecule has 0 aliphatic carbocycles. The highest BCUT2D eigenvalue weighted by atomic mass is 16.6. The molecule has 0 saturated carbocycles. The summed E-state index contributed by atoms with van der Waals surface area (Å²) < 4.78 is 16.7. The first-order valence-electron chi connectivity index (χ1n) is 28.7. The van der Waals surface area contributed by atoms with Crippen LogP contribution in [0.1, 0.15) is 239 Å². The predicted molar refractivity (Wildman–Crippen MR) is 306 cm³/mol. The van der Waals surface area contributed by atoms with Crippen LogP contribution in [-0.2, 0) is 28.6 Å². The van der Waals surface area contributed by atoms with Gasteiger partial charge in [0.2, 0.25) is 0 Å². The van der Waals surface area contributed by atoms with E-state index < -0.39 is 12.1 Å². The Bertz CT molecular complexity index is 1550. The fraction of sp³-hybridized carbons (Fsp3) is 0.615. The molecule has 71 heavy (non-hydrogen) atoms. The van der Waals surface area contributed by atoms with Crippen molar-refractivity contribution in [2.75, 3.05) is 13.2 Å². The number of hydrogen-bond acceptors (Lipinski definition) is 6. The van der Waals surface area contributed by atoms with Gasteiger partial charge < -0.3 is 14.2 Å². The quantitative estimate of drug-likeness (QED) is 0.0262. The molecular weight excluding hydrogens is 877 g/mol. The summed E-state index contributed by atoms with van der Waals surface area (Å²) in [5.41, 5.74) is 0. The summed E-state index contributed by atoms with van der Waals surface area (Å²) in [7, 11) is 0. The average molecular weight is 982 g/mol. The minimum Gasteiger partial charge on any atom is -0.462 e. The summed E-state index contributed by atoms with van der Waals surface area (Å²) in [5, 5.41) is 0. The van der Waals surface area contributed by atoms with Gasteiger partial charge in [0.05, 0.1) is 0 Å². The Labute approximate surface area is 436 Å². The minimum atomic E-state index is -0.823. The van der Waals surface area contributed by atoms with Crippen molar-refractivity contribution in [3.05, 3.63) is 134 Å². The SMILES string of the molecule is CC/C=C\C/C=C\C/C=C\C/C=C\C/C=C\C/C=C\C/C=C\CCCCCCCCCC(=O)OCC(COC(=O)CCCCCCCCCCCCC)OC(=O)CC/C=C\C/C=C\C/C=C\C/C=C\CC. The number of unbranched alkanes of at least 4 members (excludes halogenated alkanes) is 17. The number of esters is 3. The van der Waals surface area contributed by atoms with Crippen LogP contribution in [0.25, 0.3) is 0 Å². The second kappa shape index (κ2) is 58.1. The van der Waals surface area contributed by atoms with Gasteiger partial charge in [-0.1, -0.05) is 251 Å². The molecule has 0 rings (SSSR count). The smallest absolute Gasteiger partial charge is 0.306 e. The summed E-state index contributed by atoms with van der Waals surface area (Å²) in [4.78, 5) is 38.0. The maximum atomic E-state index is 12.8. The molecule has 0 saturated heterocycles. The fourth-order valence-corrected chi connectivity index (χ4v) is 7.44. The van der Waals surface area contributed by atoms with Crippen LogP contribution in [0, 0.1) is 0 Å². The Kier molecular flexibility index (Phi) is 54.5. The van der Waals surface area contributed by atoms with Gasteiger partial charge in [-0.15, -0.1) is 0 Å². The number of rotatable bonds is 50. The van der Waals surface area contributed by atoms with Crippen LogP contribution < -0.4 is 0 Å². The molecule has 0 aromatic heterocycles. The summed E-state index contributed by atoms with van der Waals surface area (Å²) in [5.74, 6) is -1.01. The van der Waals surface area contributed by atoms with E-state index in [-0.39, 0.29) is 31.6 Å². The molecule has 0 fully saturated rings. The maximum Gasteiger partial charge on any atom is 0.306 e. The standard InChI is InChI=1S/C65H104O6/c1-4-7-10-13-16-19-22-24-25-26-27-28-29-30-31-32-33-34-35-36-37-38-39-41-43-46-49-52-55-58-64(67)70-61-62(60-69-63(66)57-54-51-48-45-42-21-18-15-12-9-6-3)71-65(68)59-56-53-50-47-44-40-23-20-17-14-11-8-5-2/h7-8,10-11,16-17,19-20,24-25,27-28,30-31,33-34,36-37,40,44,50,53,62H,4-6,9,12-15,18,21-23,26,29,32,35,38-39,41-43,45-49,51-52,54-61H2,1-3H3/b10-7-,11-8-,19-16-,20-17-,25-24-,28-27-,31-30-,34-33-,37-36-,44-40-,53-50-. The zero-order valence-corrected chi connectivity index (χ0v) is 45.7. The highest BCUT2D eigenvalue weighted by Crippen LogP contribution is 2.14. The Balaban J connectivity index is 4.33. The van der Waals surface area contributed by atoms with Gasteiger partial charge in [0, 0.05) is 19.3 Å². The van der Waals surface area contributed by atoms with E-state index in [1.54, 1.807) is 0 Å². The van der Waals surface area contributed by atoms with Crippen LogP contribution in [0.2, 0.25) is 0 Å². The normalized spacial score (nSPS) is 13.1. The molecule has 0 amide bonds. The van der Waals surface area contributed by atoms with E-state index in [0.29, 0.717) is 19.3 Å². The van der Waals surface area contributed by atoms with E-state index >= 15 is 0 Å². The Morgan fingerprint density at radius 3 is 0.915 bits per heavy atom. The molecule has 0 aromatic rings. The lowest BCUT2D eigenvalue weighted by Gasteiger charge is -2.18. The predicted octanol–water partition coefficient (Wildman–Crippen LogP) is 19.4. The van der Waals surface area contributed by atoms with Gasteiger partial charge in [0.1, 0.15) is 13.2 Å². The van der Waals surface area contributed by atoms with Crippen molar-refractivity contribution in [3.8, 4) is 0 Å². The molecule has 0 aromatic carbocycles. The molecule has 6 nitrogen and oxygen atoms in total. The number of hydrogen-bond donors (Lipinski definition) is 0. The summed E-state index contributed by atoms with van der Waals surface area (Å²) >= 11 is 0. The minimum absolute atomic E-state index is 0.112. The van der Waals surface area contributed by atoms with Crippen LogP contribution >= 0.6 is 0 Å². The Morgan fingerprint density at radius 1 is 0.296 bits per heavy atom. The first-order chi connectivity index (χ1) is 35.0. The highest BCUT2D eigenvalue weighted by molar-refractivity contribution is 5.71. The van der Waals surface area contributed by atoms with E-state index in [9.17, 15) is 14.4 Å². The van der Waals surface area contributed by atoms with Gasteiger partial charge in [0.15, 0.2) is 6.10 Å². The van der Waals surface area contributed by atoms with Crippen LogP contribution in [-0.4, -0.2) is 37.2 Å². The van der Waals surface area contributed by atoms with Crippen molar-refractivity contribution in [2.45, 2.75) is 245 Å². The fourth-order valence-electron chi connectivity index (χ4n) is 7.44. The van der Waals surface area contributed by atoms with E-state index in [1.807, 2.05) is 12.2 Å². The van der Waals surface area contributed by atoms with Gasteiger partial charge in [-0.05, 0) is 103 Å². The Morgan fingerprint density at radius 2 is 0.577 bits per heavy atom. The number of ether oxygens (including phenoxy) is 3. The molecule has 400 valence electrons. The molecule has 1 atom stereocenters. The van der Waals surface area contributed by atoms with Crippen molar-refractivity contribution in [1.82, 2.24) is 0 Å². The van der Waals surface area contributed by atoms with Gasteiger partial charge in [-0.2, -0.15) is 0 Å². The molecule has 1 unspecified atom stereocenters. The van der Waals surface area contributed by atoms with E-state index in [1.165, 1.54) is 77.0 Å². The van der Waals surface area contributed by atoms with Crippen molar-refractivity contribution >= 4 is 17.9 Å². The highest BCUT2D eigenvalue weighted by Gasteiger charge is 2.19. The monoisotopic (exact) mass is 981 g/mol. The first-order valence-corrected chi connectivity index (χ1v) is 28.7.